The molecule has 2 amide bonds. The van der Waals surface area contributed by atoms with Crippen molar-refractivity contribution in [1.82, 2.24) is 19.7 Å². The van der Waals surface area contributed by atoms with Crippen LogP contribution in [-0.4, -0.2) is 75.5 Å². The number of Topliss-reactive ketones (excluding diaryl/α,β-unsaturated/α-hetero) is 1. The van der Waals surface area contributed by atoms with E-state index in [2.05, 4.69) is 47.7 Å². The molecule has 2 aliphatic rings. The van der Waals surface area contributed by atoms with E-state index in [1.54, 1.807) is 6.20 Å². The number of aromatic nitrogens is 1. The fraction of sp³-hybridized carbons (Fsp3) is 0.553. The Bertz CT molecular complexity index is 1520. The summed E-state index contributed by atoms with van der Waals surface area (Å²) in [6.45, 7) is 13.0. The summed E-state index contributed by atoms with van der Waals surface area (Å²) in [6.07, 6.45) is 9.99. The van der Waals surface area contributed by atoms with Crippen LogP contribution in [0.2, 0.25) is 0 Å². The number of nitrogens with zero attached hydrogens (tertiary/aromatic N) is 3. The maximum absolute atomic E-state index is 15.0. The van der Waals surface area contributed by atoms with Crippen molar-refractivity contribution in [2.24, 2.45) is 5.73 Å². The third-order valence-corrected chi connectivity index (χ3v) is 10.7. The number of nitrogens with two attached hydrogens (primary N) is 1. The minimum Gasteiger partial charge on any atom is -0.361 e. The molecule has 2 atom stereocenters. The molecule has 8 nitrogen and oxygen atoms in total. The summed E-state index contributed by atoms with van der Waals surface area (Å²) >= 11 is 0. The molecule has 0 saturated carbocycles. The number of benzene rings is 2. The number of hydrogen-bond donors (Lipinski definition) is 2. The van der Waals surface area contributed by atoms with Gasteiger partial charge < -0.3 is 15.6 Å². The van der Waals surface area contributed by atoms with Crippen LogP contribution < -0.4 is 5.73 Å². The van der Waals surface area contributed by atoms with Crippen molar-refractivity contribution in [1.29, 1.82) is 0 Å². The van der Waals surface area contributed by atoms with E-state index >= 15 is 0 Å². The van der Waals surface area contributed by atoms with Gasteiger partial charge in [0, 0.05) is 48.7 Å². The lowest BCUT2D eigenvalue weighted by atomic mass is 9.77. The number of aromatic amines is 1. The van der Waals surface area contributed by atoms with Crippen LogP contribution in [0.1, 0.15) is 94.5 Å². The second kappa shape index (κ2) is 14.6. The van der Waals surface area contributed by atoms with Crippen molar-refractivity contribution in [2.45, 2.75) is 110 Å². The van der Waals surface area contributed by atoms with Crippen LogP contribution in [0, 0.1) is 0 Å². The van der Waals surface area contributed by atoms with Gasteiger partial charge in [-0.1, -0.05) is 57.5 Å². The number of para-hydroxylation sites is 1. The van der Waals surface area contributed by atoms with Crippen LogP contribution in [0.5, 0.6) is 0 Å². The Morgan fingerprint density at radius 3 is 2.13 bits per heavy atom. The molecule has 2 aliphatic heterocycles. The number of fused-ring (bicyclic) bond motifs is 1. The summed E-state index contributed by atoms with van der Waals surface area (Å²) in [4.78, 5) is 51.6. The Morgan fingerprint density at radius 2 is 1.57 bits per heavy atom. The summed E-state index contributed by atoms with van der Waals surface area (Å²) in [5, 5.41) is 0.811. The minimum atomic E-state index is -1.67. The standard InChI is InChI=1S/C38H53N5O3/c1-6-29-22-28(23-30(7-2)32(29)8-3)25-43(27(5)45)37(46)36(42-20-16-31(17-21-42)41-18-12-9-13-19-41)38(39,26(4)44)34-24-40-35-15-11-10-14-33(34)35/h10-11,14-15,22-24,31,36,40H,6-9,12-13,16-21,25,39H2,1-5H3. The van der Waals surface area contributed by atoms with Gasteiger partial charge in [-0.25, -0.2) is 0 Å². The first-order chi connectivity index (χ1) is 22.1. The zero-order chi connectivity index (χ0) is 33.0. The molecule has 3 aromatic rings. The Labute approximate surface area is 274 Å². The van der Waals surface area contributed by atoms with Gasteiger partial charge in [0.25, 0.3) is 0 Å². The average Bonchev–Trinajstić information content (AvgIpc) is 3.52. The molecular weight excluding hydrogens is 574 g/mol. The van der Waals surface area contributed by atoms with Crippen LogP contribution in [-0.2, 0) is 45.7 Å². The van der Waals surface area contributed by atoms with Gasteiger partial charge in [-0.2, -0.15) is 0 Å². The number of hydrogen-bond acceptors (Lipinski definition) is 6. The Morgan fingerprint density at radius 1 is 0.935 bits per heavy atom. The summed E-state index contributed by atoms with van der Waals surface area (Å²) in [5.74, 6) is -1.06. The topological polar surface area (TPSA) is 103 Å². The number of imide groups is 1. The molecule has 3 heterocycles. The molecule has 2 fully saturated rings. The summed E-state index contributed by atoms with van der Waals surface area (Å²) in [7, 11) is 0. The molecule has 0 aliphatic carbocycles. The molecule has 3 N–H and O–H groups in total. The number of likely N-dealkylation sites (tertiary alicyclic amines) is 2. The SMILES string of the molecule is CCc1cc(CN(C(C)=O)C(=O)C(N2CCC(N3CCCCC3)CC2)C(N)(C(C)=O)c2c[nH]c3ccccc23)cc(CC)c1CC. The van der Waals surface area contributed by atoms with Gasteiger partial charge in [-0.3, -0.25) is 24.2 Å². The molecule has 46 heavy (non-hydrogen) atoms. The van der Waals surface area contributed by atoms with Crippen molar-refractivity contribution in [3.05, 3.63) is 70.4 Å². The number of amides is 2. The fourth-order valence-corrected chi connectivity index (χ4v) is 8.10. The molecule has 1 aromatic heterocycles. The molecular formula is C38H53N5O3. The Balaban J connectivity index is 1.56. The first-order valence-corrected chi connectivity index (χ1v) is 17.4. The normalized spacial score (nSPS) is 18.7. The molecule has 0 radical (unpaired) electrons. The highest BCUT2D eigenvalue weighted by molar-refractivity contribution is 6.04. The lowest BCUT2D eigenvalue weighted by Crippen LogP contribution is -2.67. The molecule has 5 rings (SSSR count). The fourth-order valence-electron chi connectivity index (χ4n) is 8.10. The molecule has 0 spiro atoms. The molecule has 248 valence electrons. The van der Waals surface area contributed by atoms with E-state index < -0.39 is 17.5 Å². The predicted octanol–water partition coefficient (Wildman–Crippen LogP) is 5.49. The lowest BCUT2D eigenvalue weighted by Gasteiger charge is -2.47. The number of nitrogens with one attached hydrogen (secondary N) is 1. The number of H-pyrrole nitrogens is 1. The number of ketones is 1. The predicted molar refractivity (Wildman–Crippen MR) is 184 cm³/mol. The quantitative estimate of drug-likeness (QED) is 0.292. The minimum absolute atomic E-state index is 0.140. The first-order valence-electron chi connectivity index (χ1n) is 17.4. The highest BCUT2D eigenvalue weighted by Gasteiger charge is 2.52. The second-order valence-corrected chi connectivity index (χ2v) is 13.3. The number of aryl methyl sites for hydroxylation is 2. The Hall–Kier alpha value is -3.33. The van der Waals surface area contributed by atoms with Crippen molar-refractivity contribution in [2.75, 3.05) is 26.2 Å². The number of rotatable bonds is 11. The summed E-state index contributed by atoms with van der Waals surface area (Å²) < 4.78 is 0. The average molecular weight is 628 g/mol. The van der Waals surface area contributed by atoms with Crippen LogP contribution in [0.4, 0.5) is 0 Å². The van der Waals surface area contributed by atoms with Crippen molar-refractivity contribution in [3.63, 3.8) is 0 Å². The number of carbonyl (C=O) groups is 3. The molecule has 0 bridgehead atoms. The van der Waals surface area contributed by atoms with Crippen LogP contribution in [0.3, 0.4) is 0 Å². The van der Waals surface area contributed by atoms with Gasteiger partial charge in [0.15, 0.2) is 5.78 Å². The molecule has 2 unspecified atom stereocenters. The largest absolute Gasteiger partial charge is 0.361 e. The highest BCUT2D eigenvalue weighted by atomic mass is 16.2. The monoisotopic (exact) mass is 627 g/mol. The van der Waals surface area contributed by atoms with E-state index in [0.29, 0.717) is 24.7 Å². The lowest BCUT2D eigenvalue weighted by molar-refractivity contribution is -0.153. The van der Waals surface area contributed by atoms with Crippen molar-refractivity contribution < 1.29 is 14.4 Å². The van der Waals surface area contributed by atoms with E-state index in [-0.39, 0.29) is 18.2 Å². The molecule has 2 aromatic carbocycles. The van der Waals surface area contributed by atoms with Crippen molar-refractivity contribution >= 4 is 28.5 Å². The van der Waals surface area contributed by atoms with Crippen molar-refractivity contribution in [3.8, 4) is 0 Å². The summed E-state index contributed by atoms with van der Waals surface area (Å²) in [6, 6.07) is 11.4. The van der Waals surface area contributed by atoms with Gasteiger partial charge in [-0.05, 0) is 93.3 Å². The first kappa shape index (κ1) is 34.0. The van der Waals surface area contributed by atoms with Crippen LogP contribution in [0.25, 0.3) is 10.9 Å². The van der Waals surface area contributed by atoms with E-state index in [1.165, 1.54) is 54.7 Å². The highest BCUT2D eigenvalue weighted by Crippen LogP contribution is 2.36. The molecule has 8 heteroatoms. The maximum atomic E-state index is 15.0. The van der Waals surface area contributed by atoms with E-state index in [9.17, 15) is 14.4 Å². The third kappa shape index (κ3) is 6.57. The summed E-state index contributed by atoms with van der Waals surface area (Å²) in [5.41, 5.74) is 11.8. The van der Waals surface area contributed by atoms with Gasteiger partial charge in [0.2, 0.25) is 11.8 Å². The van der Waals surface area contributed by atoms with Gasteiger partial charge in [-0.15, -0.1) is 0 Å². The maximum Gasteiger partial charge on any atom is 0.249 e. The van der Waals surface area contributed by atoms with E-state index in [1.807, 2.05) is 24.3 Å². The van der Waals surface area contributed by atoms with Crippen LogP contribution in [0.15, 0.2) is 42.6 Å². The third-order valence-electron chi connectivity index (χ3n) is 10.7. The number of piperidine rings is 2. The zero-order valence-electron chi connectivity index (χ0n) is 28.5. The van der Waals surface area contributed by atoms with Gasteiger partial charge >= 0.3 is 0 Å². The van der Waals surface area contributed by atoms with E-state index in [4.69, 9.17) is 5.73 Å². The van der Waals surface area contributed by atoms with Gasteiger partial charge in [0.1, 0.15) is 11.6 Å². The van der Waals surface area contributed by atoms with Gasteiger partial charge in [0.05, 0.1) is 6.54 Å². The zero-order valence-corrected chi connectivity index (χ0v) is 28.5. The van der Waals surface area contributed by atoms with E-state index in [0.717, 1.165) is 61.7 Å². The Kier molecular flexibility index (Phi) is 10.8. The second-order valence-electron chi connectivity index (χ2n) is 13.3. The molecule has 2 saturated heterocycles. The smallest absolute Gasteiger partial charge is 0.249 e. The van der Waals surface area contributed by atoms with Crippen LogP contribution >= 0.6 is 0 Å². The number of carbonyl (C=O) groups excluding carboxylic acids is 3.